The summed E-state index contributed by atoms with van der Waals surface area (Å²) in [6.45, 7) is 6.27. The van der Waals surface area contributed by atoms with Gasteiger partial charge in [-0.25, -0.2) is 4.39 Å². The summed E-state index contributed by atoms with van der Waals surface area (Å²) in [5.74, 6) is 2.26. The number of furan rings is 1. The van der Waals surface area contributed by atoms with Crippen LogP contribution < -0.4 is 5.32 Å². The van der Waals surface area contributed by atoms with E-state index in [1.165, 1.54) is 31.4 Å². The van der Waals surface area contributed by atoms with Crippen molar-refractivity contribution in [2.45, 2.75) is 39.7 Å². The Hall–Kier alpha value is -1.61. The minimum Gasteiger partial charge on any atom is -0.460 e. The van der Waals surface area contributed by atoms with Gasteiger partial charge in [0.1, 0.15) is 17.3 Å². The third-order valence-electron chi connectivity index (χ3n) is 3.47. The van der Waals surface area contributed by atoms with E-state index >= 15 is 0 Å². The summed E-state index contributed by atoms with van der Waals surface area (Å²) in [6.07, 6.45) is 3.75. The zero-order chi connectivity index (χ0) is 15.1. The van der Waals surface area contributed by atoms with Crippen LogP contribution in [0.5, 0.6) is 0 Å². The highest BCUT2D eigenvalue weighted by molar-refractivity contribution is 5.57. The fourth-order valence-corrected chi connectivity index (χ4v) is 2.26. The van der Waals surface area contributed by atoms with E-state index in [-0.39, 0.29) is 5.82 Å². The predicted molar refractivity (Wildman–Crippen MR) is 84.5 cm³/mol. The van der Waals surface area contributed by atoms with Crippen LogP contribution in [0.3, 0.4) is 0 Å². The molecule has 0 aliphatic rings. The summed E-state index contributed by atoms with van der Waals surface area (Å²) in [5, 5.41) is 3.40. The number of halogens is 1. The van der Waals surface area contributed by atoms with E-state index in [9.17, 15) is 4.39 Å². The standard InChI is InChI=1S/C18H24FNO/c1-14(2)5-3-4-12-20-13-17-10-11-18(21-17)15-6-8-16(19)9-7-15/h6-11,14,20H,3-5,12-13H2,1-2H3. The zero-order valence-electron chi connectivity index (χ0n) is 12.9. The molecule has 0 fully saturated rings. The van der Waals surface area contributed by atoms with Crippen molar-refractivity contribution in [1.82, 2.24) is 5.32 Å². The van der Waals surface area contributed by atoms with Crippen molar-refractivity contribution in [2.75, 3.05) is 6.54 Å². The molecule has 0 atom stereocenters. The topological polar surface area (TPSA) is 25.2 Å². The van der Waals surface area contributed by atoms with Crippen LogP contribution in [-0.2, 0) is 6.54 Å². The predicted octanol–water partition coefficient (Wildman–Crippen LogP) is 5.00. The molecule has 2 aromatic rings. The average Bonchev–Trinajstić information content (AvgIpc) is 2.92. The fourth-order valence-electron chi connectivity index (χ4n) is 2.26. The molecule has 0 amide bonds. The van der Waals surface area contributed by atoms with Crippen LogP contribution in [0.2, 0.25) is 0 Å². The van der Waals surface area contributed by atoms with Gasteiger partial charge in [-0.15, -0.1) is 0 Å². The largest absolute Gasteiger partial charge is 0.460 e. The molecule has 1 N–H and O–H groups in total. The first kappa shape index (κ1) is 15.8. The monoisotopic (exact) mass is 289 g/mol. The van der Waals surface area contributed by atoms with E-state index < -0.39 is 0 Å². The van der Waals surface area contributed by atoms with E-state index in [0.717, 1.165) is 36.1 Å². The van der Waals surface area contributed by atoms with Crippen LogP contribution >= 0.6 is 0 Å². The van der Waals surface area contributed by atoms with Gasteiger partial charge in [-0.2, -0.15) is 0 Å². The number of nitrogens with one attached hydrogen (secondary N) is 1. The Bertz CT molecular complexity index is 530. The molecular formula is C18H24FNO. The van der Waals surface area contributed by atoms with Crippen LogP contribution in [0.15, 0.2) is 40.8 Å². The van der Waals surface area contributed by atoms with Gasteiger partial charge in [0, 0.05) is 5.56 Å². The first-order valence-corrected chi connectivity index (χ1v) is 7.70. The van der Waals surface area contributed by atoms with Gasteiger partial charge in [0.15, 0.2) is 0 Å². The number of rotatable bonds is 8. The van der Waals surface area contributed by atoms with Crippen molar-refractivity contribution in [2.24, 2.45) is 5.92 Å². The van der Waals surface area contributed by atoms with Crippen molar-refractivity contribution in [3.63, 3.8) is 0 Å². The molecule has 1 heterocycles. The first-order chi connectivity index (χ1) is 10.1. The minimum atomic E-state index is -0.228. The second-order valence-corrected chi connectivity index (χ2v) is 5.84. The lowest BCUT2D eigenvalue weighted by atomic mass is 10.1. The van der Waals surface area contributed by atoms with E-state index in [2.05, 4.69) is 19.2 Å². The molecule has 0 aliphatic heterocycles. The Morgan fingerprint density at radius 3 is 2.52 bits per heavy atom. The normalized spacial score (nSPS) is 11.2. The maximum Gasteiger partial charge on any atom is 0.134 e. The lowest BCUT2D eigenvalue weighted by Crippen LogP contribution is -2.14. The Morgan fingerprint density at radius 2 is 1.81 bits per heavy atom. The van der Waals surface area contributed by atoms with E-state index in [4.69, 9.17) is 4.42 Å². The van der Waals surface area contributed by atoms with Crippen molar-refractivity contribution in [3.8, 4) is 11.3 Å². The van der Waals surface area contributed by atoms with Crippen LogP contribution in [0.25, 0.3) is 11.3 Å². The van der Waals surface area contributed by atoms with E-state index in [1.807, 2.05) is 12.1 Å². The van der Waals surface area contributed by atoms with Gasteiger partial charge in [0.25, 0.3) is 0 Å². The molecule has 0 saturated carbocycles. The van der Waals surface area contributed by atoms with Gasteiger partial charge < -0.3 is 9.73 Å². The highest BCUT2D eigenvalue weighted by atomic mass is 19.1. The van der Waals surface area contributed by atoms with E-state index in [0.29, 0.717) is 0 Å². The summed E-state index contributed by atoms with van der Waals surface area (Å²) in [7, 11) is 0. The smallest absolute Gasteiger partial charge is 0.134 e. The van der Waals surface area contributed by atoms with Gasteiger partial charge in [-0.3, -0.25) is 0 Å². The number of benzene rings is 1. The Morgan fingerprint density at radius 1 is 1.05 bits per heavy atom. The summed E-state index contributed by atoms with van der Waals surface area (Å²) < 4.78 is 18.7. The van der Waals surface area contributed by atoms with Gasteiger partial charge in [-0.05, 0) is 55.3 Å². The van der Waals surface area contributed by atoms with Crippen molar-refractivity contribution < 1.29 is 8.81 Å². The molecule has 0 unspecified atom stereocenters. The maximum atomic E-state index is 12.9. The second kappa shape index (κ2) is 7.99. The highest BCUT2D eigenvalue weighted by Gasteiger charge is 2.04. The number of hydrogen-bond acceptors (Lipinski definition) is 2. The molecule has 0 bridgehead atoms. The van der Waals surface area contributed by atoms with Crippen molar-refractivity contribution in [3.05, 3.63) is 48.0 Å². The molecule has 21 heavy (non-hydrogen) atoms. The Kier molecular flexibility index (Phi) is 6.00. The highest BCUT2D eigenvalue weighted by Crippen LogP contribution is 2.22. The molecule has 3 heteroatoms. The minimum absolute atomic E-state index is 0.228. The summed E-state index contributed by atoms with van der Waals surface area (Å²) in [4.78, 5) is 0. The molecule has 1 aromatic carbocycles. The second-order valence-electron chi connectivity index (χ2n) is 5.84. The third kappa shape index (κ3) is 5.35. The van der Waals surface area contributed by atoms with Crippen LogP contribution in [0, 0.1) is 11.7 Å². The van der Waals surface area contributed by atoms with Crippen LogP contribution in [0.1, 0.15) is 38.9 Å². The molecule has 2 nitrogen and oxygen atoms in total. The SMILES string of the molecule is CC(C)CCCCNCc1ccc(-c2ccc(F)cc2)o1. The van der Waals surface area contributed by atoms with Gasteiger partial charge in [-0.1, -0.05) is 26.7 Å². The molecule has 2 rings (SSSR count). The summed E-state index contributed by atoms with van der Waals surface area (Å²) in [5.41, 5.74) is 0.902. The fraction of sp³-hybridized carbons (Fsp3) is 0.444. The lowest BCUT2D eigenvalue weighted by molar-refractivity contribution is 0.477. The third-order valence-corrected chi connectivity index (χ3v) is 3.47. The Labute approximate surface area is 126 Å². The van der Waals surface area contributed by atoms with Crippen molar-refractivity contribution >= 4 is 0 Å². The maximum absolute atomic E-state index is 12.9. The summed E-state index contributed by atoms with van der Waals surface area (Å²) >= 11 is 0. The van der Waals surface area contributed by atoms with Gasteiger partial charge in [0.05, 0.1) is 6.54 Å². The quantitative estimate of drug-likeness (QED) is 0.692. The molecule has 0 saturated heterocycles. The molecule has 114 valence electrons. The lowest BCUT2D eigenvalue weighted by Gasteiger charge is -2.05. The zero-order valence-corrected chi connectivity index (χ0v) is 12.9. The number of hydrogen-bond donors (Lipinski definition) is 1. The average molecular weight is 289 g/mol. The van der Waals surface area contributed by atoms with E-state index in [1.54, 1.807) is 12.1 Å². The van der Waals surface area contributed by atoms with Gasteiger partial charge >= 0.3 is 0 Å². The van der Waals surface area contributed by atoms with Crippen molar-refractivity contribution in [1.29, 1.82) is 0 Å². The first-order valence-electron chi connectivity index (χ1n) is 7.70. The number of unbranched alkanes of at least 4 members (excludes halogenated alkanes) is 1. The summed E-state index contributed by atoms with van der Waals surface area (Å²) in [6, 6.07) is 10.3. The molecule has 0 aliphatic carbocycles. The molecule has 0 spiro atoms. The Balaban J connectivity index is 1.74. The molecule has 0 radical (unpaired) electrons. The molecule has 1 aromatic heterocycles. The van der Waals surface area contributed by atoms with Crippen LogP contribution in [-0.4, -0.2) is 6.54 Å². The van der Waals surface area contributed by atoms with Gasteiger partial charge in [0.2, 0.25) is 0 Å². The van der Waals surface area contributed by atoms with Crippen LogP contribution in [0.4, 0.5) is 4.39 Å². The molecular weight excluding hydrogens is 265 g/mol.